The van der Waals surface area contributed by atoms with Crippen molar-refractivity contribution in [3.8, 4) is 0 Å². The van der Waals surface area contributed by atoms with E-state index in [0.29, 0.717) is 11.4 Å². The number of nitrogens with zero attached hydrogens (tertiary/aromatic N) is 1. The molecular formula is C15H11NO. The topological polar surface area (TPSA) is 26.1 Å². The Morgan fingerprint density at radius 1 is 0.765 bits per heavy atom. The minimum atomic E-state index is 0.656. The van der Waals surface area contributed by atoms with Gasteiger partial charge in [-0.25, -0.2) is 0 Å². The molecule has 2 heteroatoms. The predicted molar refractivity (Wildman–Crippen MR) is 69.3 cm³/mol. The largest absolute Gasteiger partial charge is 0.618 e. The van der Waals surface area contributed by atoms with Crippen LogP contribution in [0.1, 0.15) is 11.1 Å². The molecule has 1 aliphatic carbocycles. The third kappa shape index (κ3) is 1.64. The van der Waals surface area contributed by atoms with Gasteiger partial charge < -0.3 is 5.21 Å². The molecule has 0 radical (unpaired) electrons. The van der Waals surface area contributed by atoms with E-state index in [9.17, 15) is 5.21 Å². The van der Waals surface area contributed by atoms with Crippen molar-refractivity contribution in [2.45, 2.75) is 0 Å². The lowest BCUT2D eigenvalue weighted by atomic mass is 10.1. The molecule has 2 aromatic rings. The molecule has 0 saturated heterocycles. The van der Waals surface area contributed by atoms with E-state index >= 15 is 0 Å². The number of rotatable bonds is 1. The van der Waals surface area contributed by atoms with Crippen LogP contribution in [-0.4, -0.2) is 10.5 Å². The average molecular weight is 221 g/mol. The van der Waals surface area contributed by atoms with E-state index in [0.717, 1.165) is 15.9 Å². The Labute approximate surface area is 99.7 Å². The van der Waals surface area contributed by atoms with Gasteiger partial charge >= 0.3 is 0 Å². The Bertz CT molecular complexity index is 612. The summed E-state index contributed by atoms with van der Waals surface area (Å²) in [5, 5.41) is 12.2. The summed E-state index contributed by atoms with van der Waals surface area (Å²) < 4.78 is 0.975. The number of para-hydroxylation sites is 1. The van der Waals surface area contributed by atoms with Crippen molar-refractivity contribution in [2.24, 2.45) is 0 Å². The van der Waals surface area contributed by atoms with Gasteiger partial charge in [-0.05, 0) is 17.7 Å². The standard InChI is InChI=1S/C15H11NO/c17-16(13-7-2-1-3-8-13)15-11-10-12-6-4-5-9-14(12)15/h1-11H/b16-15+. The fraction of sp³-hybridized carbons (Fsp3) is 0. The molecule has 0 fully saturated rings. The van der Waals surface area contributed by atoms with E-state index in [-0.39, 0.29) is 0 Å². The fourth-order valence-electron chi connectivity index (χ4n) is 2.01. The monoisotopic (exact) mass is 221 g/mol. The van der Waals surface area contributed by atoms with Crippen LogP contribution in [0, 0.1) is 5.21 Å². The van der Waals surface area contributed by atoms with Crippen LogP contribution in [-0.2, 0) is 0 Å². The summed E-state index contributed by atoms with van der Waals surface area (Å²) in [6, 6.07) is 17.2. The maximum Gasteiger partial charge on any atom is 0.224 e. The van der Waals surface area contributed by atoms with Crippen molar-refractivity contribution < 1.29 is 4.74 Å². The van der Waals surface area contributed by atoms with Crippen molar-refractivity contribution in [2.75, 3.05) is 0 Å². The van der Waals surface area contributed by atoms with Gasteiger partial charge in [0, 0.05) is 18.2 Å². The molecule has 2 aromatic carbocycles. The lowest BCUT2D eigenvalue weighted by molar-refractivity contribution is -0.358. The van der Waals surface area contributed by atoms with E-state index < -0.39 is 0 Å². The Kier molecular flexibility index (Phi) is 2.26. The Morgan fingerprint density at radius 2 is 1.47 bits per heavy atom. The van der Waals surface area contributed by atoms with Crippen LogP contribution in [0.2, 0.25) is 0 Å². The molecule has 3 rings (SSSR count). The molecule has 17 heavy (non-hydrogen) atoms. The molecule has 0 bridgehead atoms. The van der Waals surface area contributed by atoms with E-state index in [1.807, 2.05) is 66.7 Å². The average Bonchev–Trinajstić information content (AvgIpc) is 2.83. The van der Waals surface area contributed by atoms with Gasteiger partial charge in [0.1, 0.15) is 0 Å². The van der Waals surface area contributed by atoms with Crippen molar-refractivity contribution in [1.29, 1.82) is 0 Å². The third-order valence-corrected chi connectivity index (χ3v) is 2.87. The van der Waals surface area contributed by atoms with Crippen LogP contribution in [0.15, 0.2) is 60.7 Å². The van der Waals surface area contributed by atoms with Gasteiger partial charge in [0.2, 0.25) is 11.4 Å². The predicted octanol–water partition coefficient (Wildman–Crippen LogP) is 3.34. The van der Waals surface area contributed by atoms with Gasteiger partial charge in [0.05, 0.1) is 5.56 Å². The van der Waals surface area contributed by atoms with Crippen LogP contribution in [0.5, 0.6) is 0 Å². The zero-order valence-electron chi connectivity index (χ0n) is 9.21. The van der Waals surface area contributed by atoms with Crippen molar-refractivity contribution in [1.82, 2.24) is 0 Å². The van der Waals surface area contributed by atoms with Crippen LogP contribution in [0.25, 0.3) is 6.08 Å². The molecule has 1 aliphatic rings. The van der Waals surface area contributed by atoms with Crippen molar-refractivity contribution >= 4 is 17.5 Å². The normalized spacial score (nSPS) is 15.8. The molecule has 0 N–H and O–H groups in total. The summed E-state index contributed by atoms with van der Waals surface area (Å²) in [7, 11) is 0. The van der Waals surface area contributed by atoms with Crippen LogP contribution in [0.4, 0.5) is 5.69 Å². The highest BCUT2D eigenvalue weighted by atomic mass is 16.5. The first-order chi connectivity index (χ1) is 8.36. The highest BCUT2D eigenvalue weighted by Gasteiger charge is 2.19. The number of benzene rings is 2. The number of hydrogen-bond acceptors (Lipinski definition) is 1. The fourth-order valence-corrected chi connectivity index (χ4v) is 2.01. The maximum absolute atomic E-state index is 12.2. The van der Waals surface area contributed by atoms with Gasteiger partial charge in [-0.15, -0.1) is 0 Å². The highest BCUT2D eigenvalue weighted by Crippen LogP contribution is 2.22. The lowest BCUT2D eigenvalue weighted by Gasteiger charge is -2.06. The Balaban J connectivity index is 2.15. The molecular weight excluding hydrogens is 210 g/mol. The van der Waals surface area contributed by atoms with Crippen LogP contribution < -0.4 is 0 Å². The summed E-state index contributed by atoms with van der Waals surface area (Å²) in [6.07, 6.45) is 3.84. The van der Waals surface area contributed by atoms with Gasteiger partial charge in [0.25, 0.3) is 0 Å². The third-order valence-electron chi connectivity index (χ3n) is 2.87. The second kappa shape index (κ2) is 3.91. The van der Waals surface area contributed by atoms with Crippen molar-refractivity contribution in [3.63, 3.8) is 0 Å². The van der Waals surface area contributed by atoms with E-state index in [1.54, 1.807) is 0 Å². The van der Waals surface area contributed by atoms with Gasteiger partial charge in [0.15, 0.2) is 0 Å². The van der Waals surface area contributed by atoms with Gasteiger partial charge in [-0.2, -0.15) is 4.74 Å². The SMILES string of the molecule is [O-]/[N+](=C1\C=Cc2ccccc21)c1ccccc1. The number of fused-ring (bicyclic) bond motifs is 1. The molecule has 82 valence electrons. The van der Waals surface area contributed by atoms with E-state index in [4.69, 9.17) is 0 Å². The summed E-state index contributed by atoms with van der Waals surface area (Å²) in [4.78, 5) is 0. The zero-order chi connectivity index (χ0) is 11.7. The van der Waals surface area contributed by atoms with E-state index in [2.05, 4.69) is 0 Å². The highest BCUT2D eigenvalue weighted by molar-refractivity contribution is 6.14. The minimum absolute atomic E-state index is 0.656. The van der Waals surface area contributed by atoms with Crippen LogP contribution >= 0.6 is 0 Å². The van der Waals surface area contributed by atoms with E-state index in [1.165, 1.54) is 0 Å². The smallest absolute Gasteiger partial charge is 0.224 e. The first-order valence-electron chi connectivity index (χ1n) is 5.53. The first kappa shape index (κ1) is 9.85. The molecule has 0 atom stereocenters. The van der Waals surface area contributed by atoms with Gasteiger partial charge in [-0.3, -0.25) is 0 Å². The molecule has 0 saturated carbocycles. The second-order valence-electron chi connectivity index (χ2n) is 3.94. The molecule has 0 amide bonds. The first-order valence-corrected chi connectivity index (χ1v) is 5.53. The number of allylic oxidation sites excluding steroid dienone is 1. The molecule has 0 spiro atoms. The Morgan fingerprint density at radius 3 is 2.29 bits per heavy atom. The van der Waals surface area contributed by atoms with Gasteiger partial charge in [-0.1, -0.05) is 36.4 Å². The summed E-state index contributed by atoms with van der Waals surface area (Å²) in [5.41, 5.74) is 3.45. The zero-order valence-corrected chi connectivity index (χ0v) is 9.21. The number of hydrogen-bond donors (Lipinski definition) is 0. The molecule has 0 heterocycles. The summed E-state index contributed by atoms with van der Waals surface area (Å²) in [6.45, 7) is 0. The Hall–Kier alpha value is -2.35. The summed E-state index contributed by atoms with van der Waals surface area (Å²) >= 11 is 0. The minimum Gasteiger partial charge on any atom is -0.618 e. The molecule has 2 nitrogen and oxygen atoms in total. The molecule has 0 unspecified atom stereocenters. The molecule has 0 aromatic heterocycles. The second-order valence-corrected chi connectivity index (χ2v) is 3.94. The van der Waals surface area contributed by atoms with Crippen molar-refractivity contribution in [3.05, 3.63) is 77.0 Å². The quantitative estimate of drug-likeness (QED) is 0.412. The lowest BCUT2D eigenvalue weighted by Crippen LogP contribution is -2.08. The molecule has 0 aliphatic heterocycles. The van der Waals surface area contributed by atoms with Crippen LogP contribution in [0.3, 0.4) is 0 Å². The summed E-state index contributed by atoms with van der Waals surface area (Å²) in [5.74, 6) is 0. The maximum atomic E-state index is 12.2.